The van der Waals surface area contributed by atoms with Crippen LogP contribution in [0.5, 0.6) is 0 Å². The van der Waals surface area contributed by atoms with Crippen LogP contribution in [0.25, 0.3) is 0 Å². The predicted octanol–water partition coefficient (Wildman–Crippen LogP) is -5.24. The van der Waals surface area contributed by atoms with Gasteiger partial charge in [0.1, 0.15) is 30.4 Å². The first-order chi connectivity index (χ1) is 25.1. The summed E-state index contributed by atoms with van der Waals surface area (Å²) >= 11 is 6.14. The molecule has 1 aliphatic rings. The molecule has 0 saturated carbocycles. The van der Waals surface area contributed by atoms with Crippen LogP contribution in [0.15, 0.2) is 69.3 Å². The molecule has 280 valence electrons. The number of hydrogen-bond acceptors (Lipinski definition) is 18. The summed E-state index contributed by atoms with van der Waals surface area (Å²) in [6.07, 6.45) is 0. The van der Waals surface area contributed by atoms with Crippen molar-refractivity contribution < 1.29 is 137 Å². The maximum atomic E-state index is 13.9. The molecule has 1 aromatic heterocycles. The molecule has 0 atom stereocenters. The van der Waals surface area contributed by atoms with Gasteiger partial charge in [-0.3, -0.25) is 9.59 Å². The van der Waals surface area contributed by atoms with Gasteiger partial charge >= 0.3 is 88.7 Å². The maximum absolute atomic E-state index is 13.9. The Hall–Kier alpha value is -2.55. The number of nitrogens with two attached hydrogens (primary N) is 1. The molecule has 1 heterocycles. The Labute approximate surface area is 397 Å². The summed E-state index contributed by atoms with van der Waals surface area (Å²) in [5, 5.41) is 7.96. The zero-order chi connectivity index (χ0) is 39.7. The molecule has 18 nitrogen and oxygen atoms in total. The van der Waals surface area contributed by atoms with Crippen LogP contribution in [-0.4, -0.2) is 65.4 Å². The van der Waals surface area contributed by atoms with Gasteiger partial charge in [-0.25, -0.2) is 25.3 Å². The quantitative estimate of drug-likeness (QED) is 0.0599. The molecule has 5 N–H and O–H groups in total. The predicted molar refractivity (Wildman–Crippen MR) is 190 cm³/mol. The number of nitrogens with one attached hydrogen (secondary N) is 3. The number of carbonyl (C=O) groups is 2. The van der Waals surface area contributed by atoms with Crippen LogP contribution in [-0.2, 0) is 30.4 Å². The van der Waals surface area contributed by atoms with Crippen LogP contribution >= 0.6 is 11.6 Å². The third-order valence-corrected chi connectivity index (χ3v) is 11.4. The minimum atomic E-state index is -5.37. The first kappa shape index (κ1) is 48.8. The number of halogens is 1. The van der Waals surface area contributed by atoms with Gasteiger partial charge in [0.05, 0.1) is 42.9 Å². The van der Waals surface area contributed by atoms with Gasteiger partial charge in [0.15, 0.2) is 11.6 Å². The Morgan fingerprint density at radius 3 is 1.61 bits per heavy atom. The third-order valence-electron chi connectivity index (χ3n) is 8.40. The van der Waals surface area contributed by atoms with Crippen molar-refractivity contribution in [1.29, 1.82) is 0 Å². The van der Waals surface area contributed by atoms with Crippen LogP contribution in [0.1, 0.15) is 48.5 Å². The average Bonchev–Trinajstić information content (AvgIpc) is 3.06. The molecule has 25 heteroatoms. The van der Waals surface area contributed by atoms with E-state index in [0.29, 0.717) is 0 Å². The van der Waals surface area contributed by atoms with Gasteiger partial charge in [-0.2, -0.15) is 15.0 Å². The van der Waals surface area contributed by atoms with Crippen molar-refractivity contribution in [2.75, 3.05) is 21.7 Å². The molecular formula is C32H23ClN7Na3O11S3. The number of anilines is 7. The third kappa shape index (κ3) is 9.75. The smallest absolute Gasteiger partial charge is 0.744 e. The Kier molecular flexibility index (Phi) is 15.4. The second-order valence-electron chi connectivity index (χ2n) is 11.8. The van der Waals surface area contributed by atoms with E-state index in [2.05, 4.69) is 30.9 Å². The fourth-order valence-corrected chi connectivity index (χ4v) is 8.30. The summed E-state index contributed by atoms with van der Waals surface area (Å²) in [6, 6.07) is 11.0. The summed E-state index contributed by atoms with van der Waals surface area (Å²) in [4.78, 5) is 37.4. The number of nitrogen functional groups attached to an aromatic ring is 1. The zero-order valence-electron chi connectivity index (χ0n) is 30.7. The molecule has 0 amide bonds. The van der Waals surface area contributed by atoms with Crippen molar-refractivity contribution in [2.45, 2.75) is 35.5 Å². The van der Waals surface area contributed by atoms with Gasteiger partial charge in [0.25, 0.3) is 0 Å². The number of benzene rings is 4. The van der Waals surface area contributed by atoms with Crippen LogP contribution in [0.4, 0.5) is 40.3 Å². The minimum Gasteiger partial charge on any atom is -0.744 e. The van der Waals surface area contributed by atoms with E-state index in [-0.39, 0.29) is 151 Å². The molecule has 5 aromatic rings. The Bertz CT molecular complexity index is 2830. The molecule has 0 spiro atoms. The largest absolute Gasteiger partial charge is 1.00 e. The second kappa shape index (κ2) is 18.0. The van der Waals surface area contributed by atoms with E-state index in [9.17, 15) is 48.5 Å². The number of rotatable bonds is 9. The monoisotopic (exact) mass is 881 g/mol. The molecule has 0 bridgehead atoms. The van der Waals surface area contributed by atoms with Gasteiger partial charge in [-0.05, 0) is 79.4 Å². The van der Waals surface area contributed by atoms with Gasteiger partial charge in [0, 0.05) is 22.5 Å². The maximum Gasteiger partial charge on any atom is 1.00 e. The first-order valence-electron chi connectivity index (χ1n) is 15.1. The van der Waals surface area contributed by atoms with Crippen molar-refractivity contribution in [3.8, 4) is 0 Å². The first-order valence-corrected chi connectivity index (χ1v) is 19.7. The average molecular weight is 882 g/mol. The van der Waals surface area contributed by atoms with Crippen molar-refractivity contribution in [3.63, 3.8) is 0 Å². The Morgan fingerprint density at radius 2 is 1.12 bits per heavy atom. The normalized spacial score (nSPS) is 12.3. The van der Waals surface area contributed by atoms with Crippen LogP contribution in [0.3, 0.4) is 0 Å². The fraction of sp³-hybridized carbons (Fsp3) is 0.0938. The van der Waals surface area contributed by atoms with Gasteiger partial charge in [-0.15, -0.1) is 0 Å². The minimum absolute atomic E-state index is 0. The van der Waals surface area contributed by atoms with Gasteiger partial charge in [0.2, 0.25) is 17.2 Å². The van der Waals surface area contributed by atoms with E-state index in [1.165, 1.54) is 57.2 Å². The second-order valence-corrected chi connectivity index (χ2v) is 16.1. The molecule has 1 aliphatic carbocycles. The summed E-state index contributed by atoms with van der Waals surface area (Å²) in [5.74, 6) is -2.12. The van der Waals surface area contributed by atoms with E-state index >= 15 is 0 Å². The van der Waals surface area contributed by atoms with Gasteiger partial charge in [-0.1, -0.05) is 24.3 Å². The molecule has 6 rings (SSSR count). The van der Waals surface area contributed by atoms with Gasteiger partial charge < -0.3 is 35.3 Å². The van der Waals surface area contributed by atoms with Crippen molar-refractivity contribution in [3.05, 3.63) is 98.8 Å². The number of fused-ring (bicyclic) bond motifs is 2. The van der Waals surface area contributed by atoms with E-state index in [0.717, 1.165) is 18.2 Å². The molecule has 0 unspecified atom stereocenters. The summed E-state index contributed by atoms with van der Waals surface area (Å²) < 4.78 is 109. The topological polar surface area (TPSA) is 307 Å². The van der Waals surface area contributed by atoms with Crippen LogP contribution < -0.4 is 110 Å². The number of hydrogen-bond donors (Lipinski definition) is 4. The van der Waals surface area contributed by atoms with Crippen molar-refractivity contribution in [1.82, 2.24) is 15.0 Å². The number of ketones is 2. The standard InChI is InChI=1S/C32H26ClN7O11S3.3Na/c1-13-25(36-20-12-21(53(46,47)48)24(34)23-22(20)27(41)18-6-4-5-7-19(18)28(23)42)14(2)29(54(49,50)51)15(3)26(13)37-32-39-30(33)38-31(40-32)35-16-8-10-17(11-9-16)52(43,44)45;;;/h4-12,36H,34H2,1-3H3,(H,43,44,45)(H,46,47,48)(H,49,50,51)(H2,35,37,38,39,40);;;/q;3*+1/p-3. The molecule has 0 saturated heterocycles. The molecule has 0 aliphatic heterocycles. The van der Waals surface area contributed by atoms with Crippen LogP contribution in [0.2, 0.25) is 5.28 Å². The number of carbonyl (C=O) groups excluding carboxylic acids is 2. The zero-order valence-corrected chi connectivity index (χ0v) is 39.9. The summed E-state index contributed by atoms with van der Waals surface area (Å²) in [6.45, 7) is 4.02. The van der Waals surface area contributed by atoms with E-state index in [4.69, 9.17) is 17.3 Å². The number of aromatic nitrogens is 3. The fourth-order valence-electron chi connectivity index (χ4n) is 6.09. The Morgan fingerprint density at radius 1 is 0.632 bits per heavy atom. The molecule has 0 fully saturated rings. The summed E-state index contributed by atoms with van der Waals surface area (Å²) in [7, 11) is -15.4. The molecule has 57 heavy (non-hydrogen) atoms. The Balaban J connectivity index is 0.00000290. The van der Waals surface area contributed by atoms with E-state index in [1.54, 1.807) is 0 Å². The molecule has 0 radical (unpaired) electrons. The van der Waals surface area contributed by atoms with Crippen molar-refractivity contribution in [2.24, 2.45) is 0 Å². The number of nitrogens with zero attached hydrogens (tertiary/aromatic N) is 3. The van der Waals surface area contributed by atoms with E-state index < -0.39 is 79.1 Å². The van der Waals surface area contributed by atoms with Crippen molar-refractivity contribution >= 4 is 93.9 Å². The van der Waals surface area contributed by atoms with E-state index in [1.807, 2.05) is 0 Å². The molecular weight excluding hydrogens is 859 g/mol. The SMILES string of the molecule is Cc1c(Nc2nc(Cl)nc(Nc3ccc(S(=O)(=O)[O-])cc3)n2)c(C)c(S(=O)(=O)[O-])c(C)c1Nc1cc(S(=O)(=O)[O-])c(N)c2c1C(=O)c1ccccc1C2=O.[Na+].[Na+].[Na+]. The molecule has 4 aromatic carbocycles. The summed E-state index contributed by atoms with van der Waals surface area (Å²) in [5.41, 5.74) is 3.57. The van der Waals surface area contributed by atoms with Crippen LogP contribution in [0, 0.1) is 20.8 Å².